The van der Waals surface area contributed by atoms with Crippen LogP contribution < -0.4 is 5.32 Å². The summed E-state index contributed by atoms with van der Waals surface area (Å²) in [5.41, 5.74) is 0. The molecule has 17 unspecified atom stereocenters. The number of ether oxygens (including phenoxy) is 6. The molecule has 0 aromatic heterocycles. The third-order valence-corrected chi connectivity index (χ3v) is 13.3. The second kappa shape index (κ2) is 34.8. The van der Waals surface area contributed by atoms with E-state index in [0.717, 1.165) is 57.8 Å². The van der Waals surface area contributed by atoms with Gasteiger partial charge in [-0.25, -0.2) is 0 Å². The molecule has 0 bridgehead atoms. The van der Waals surface area contributed by atoms with Crippen LogP contribution in [0.15, 0.2) is 12.2 Å². The summed E-state index contributed by atoms with van der Waals surface area (Å²) >= 11 is 0. The van der Waals surface area contributed by atoms with Crippen molar-refractivity contribution in [3.8, 4) is 0 Å². The quantitative estimate of drug-likeness (QED) is 0.0315. The van der Waals surface area contributed by atoms with Crippen LogP contribution >= 0.6 is 0 Å². The molecule has 0 aromatic carbocycles. The van der Waals surface area contributed by atoms with Gasteiger partial charge in [0.2, 0.25) is 5.91 Å². The standard InChI is InChI=1S/C49H91NO18/c1-3-5-7-9-11-12-13-14-15-16-17-18-19-21-22-24-26-33(54)32(50-37(55)27-25-23-20-10-8-6-4-2)31-63-47-43(61)40(58)45(35(29-52)65-47)68-49-44(62)41(59)46(36(30-53)66-49)67-48-42(60)39(57)38(56)34(28-51)64-48/h24,26,32-36,38-49,51-54,56-62H,3-23,25,27-31H2,1-2H3,(H,50,55)/b26-24+. The Kier molecular flexibility index (Phi) is 31.1. The summed E-state index contributed by atoms with van der Waals surface area (Å²) in [4.78, 5) is 13.1. The lowest BCUT2D eigenvalue weighted by molar-refractivity contribution is -0.379. The van der Waals surface area contributed by atoms with Crippen molar-refractivity contribution in [1.29, 1.82) is 0 Å². The second-order valence-electron chi connectivity index (χ2n) is 19.0. The maximum absolute atomic E-state index is 13.1. The van der Waals surface area contributed by atoms with E-state index in [2.05, 4.69) is 19.2 Å². The van der Waals surface area contributed by atoms with Gasteiger partial charge in [0.15, 0.2) is 18.9 Å². The van der Waals surface area contributed by atoms with Crippen LogP contribution in [0.3, 0.4) is 0 Å². The fraction of sp³-hybridized carbons (Fsp3) is 0.939. The zero-order chi connectivity index (χ0) is 49.8. The highest BCUT2D eigenvalue weighted by atomic mass is 16.8. The second-order valence-corrected chi connectivity index (χ2v) is 19.0. The molecule has 19 nitrogen and oxygen atoms in total. The first-order valence-corrected chi connectivity index (χ1v) is 25.9. The summed E-state index contributed by atoms with van der Waals surface area (Å²) in [7, 11) is 0. The number of nitrogens with one attached hydrogen (secondary N) is 1. The van der Waals surface area contributed by atoms with Crippen molar-refractivity contribution in [3.05, 3.63) is 12.2 Å². The first-order chi connectivity index (χ1) is 32.8. The van der Waals surface area contributed by atoms with Crippen LogP contribution in [0.1, 0.15) is 162 Å². The van der Waals surface area contributed by atoms with Gasteiger partial charge >= 0.3 is 0 Å². The highest BCUT2D eigenvalue weighted by Crippen LogP contribution is 2.33. The number of carbonyl (C=O) groups is 1. The topological polar surface area (TPSA) is 307 Å². The number of rotatable bonds is 36. The van der Waals surface area contributed by atoms with Crippen LogP contribution in [0, 0.1) is 0 Å². The molecule has 3 rings (SSSR count). The lowest BCUT2D eigenvalue weighted by Crippen LogP contribution is -2.66. The molecule has 1 amide bonds. The molecule has 19 heteroatoms. The molecule has 0 radical (unpaired) electrons. The number of allylic oxidation sites excluding steroid dienone is 1. The first-order valence-electron chi connectivity index (χ1n) is 25.9. The molecule has 68 heavy (non-hydrogen) atoms. The van der Waals surface area contributed by atoms with Gasteiger partial charge in [0.1, 0.15) is 73.2 Å². The van der Waals surface area contributed by atoms with Gasteiger partial charge in [-0.15, -0.1) is 0 Å². The zero-order valence-corrected chi connectivity index (χ0v) is 40.8. The predicted octanol–water partition coefficient (Wildman–Crippen LogP) is 1.87. The Morgan fingerprint density at radius 2 is 0.912 bits per heavy atom. The van der Waals surface area contributed by atoms with E-state index in [-0.39, 0.29) is 18.9 Å². The normalized spacial score (nSPS) is 33.2. The summed E-state index contributed by atoms with van der Waals surface area (Å²) in [6.07, 6.45) is 2.45. The minimum absolute atomic E-state index is 0.244. The number of aliphatic hydroxyl groups excluding tert-OH is 11. The summed E-state index contributed by atoms with van der Waals surface area (Å²) in [5, 5.41) is 119. The highest BCUT2D eigenvalue weighted by Gasteiger charge is 2.53. The third-order valence-electron chi connectivity index (χ3n) is 13.3. The van der Waals surface area contributed by atoms with E-state index in [4.69, 9.17) is 28.4 Å². The van der Waals surface area contributed by atoms with Gasteiger partial charge in [-0.3, -0.25) is 4.79 Å². The summed E-state index contributed by atoms with van der Waals surface area (Å²) < 4.78 is 34.0. The summed E-state index contributed by atoms with van der Waals surface area (Å²) in [6.45, 7) is 1.64. The maximum Gasteiger partial charge on any atom is 0.220 e. The van der Waals surface area contributed by atoms with Crippen molar-refractivity contribution in [3.63, 3.8) is 0 Å². The Morgan fingerprint density at radius 1 is 0.515 bits per heavy atom. The van der Waals surface area contributed by atoms with Gasteiger partial charge in [0.05, 0.1) is 38.6 Å². The molecule has 400 valence electrons. The highest BCUT2D eigenvalue weighted by molar-refractivity contribution is 5.76. The number of hydrogen-bond acceptors (Lipinski definition) is 18. The molecular formula is C49H91NO18. The van der Waals surface area contributed by atoms with Crippen molar-refractivity contribution in [1.82, 2.24) is 5.32 Å². The third kappa shape index (κ3) is 20.6. The molecule has 17 atom stereocenters. The van der Waals surface area contributed by atoms with Crippen molar-refractivity contribution >= 4 is 5.91 Å². The Hall–Kier alpha value is -1.47. The van der Waals surface area contributed by atoms with Gasteiger partial charge in [-0.2, -0.15) is 0 Å². The molecule has 3 aliphatic rings. The largest absolute Gasteiger partial charge is 0.394 e. The van der Waals surface area contributed by atoms with Crippen LogP contribution in [-0.2, 0) is 33.2 Å². The molecular weight excluding hydrogens is 891 g/mol. The fourth-order valence-corrected chi connectivity index (χ4v) is 8.95. The molecule has 12 N–H and O–H groups in total. The van der Waals surface area contributed by atoms with Gasteiger partial charge in [0, 0.05) is 6.42 Å². The molecule has 0 aliphatic carbocycles. The van der Waals surface area contributed by atoms with E-state index in [9.17, 15) is 61.0 Å². The minimum Gasteiger partial charge on any atom is -0.394 e. The molecule has 0 saturated carbocycles. The Labute approximate surface area is 404 Å². The van der Waals surface area contributed by atoms with E-state index >= 15 is 0 Å². The van der Waals surface area contributed by atoms with Crippen LogP contribution in [0.25, 0.3) is 0 Å². The molecule has 0 aromatic rings. The monoisotopic (exact) mass is 982 g/mol. The van der Waals surface area contributed by atoms with Crippen molar-refractivity contribution in [2.24, 2.45) is 0 Å². The Bertz CT molecular complexity index is 1310. The lowest BCUT2D eigenvalue weighted by Gasteiger charge is -2.48. The minimum atomic E-state index is -1.97. The lowest BCUT2D eigenvalue weighted by atomic mass is 9.96. The number of amides is 1. The number of carbonyl (C=O) groups excluding carboxylic acids is 1. The number of hydrogen-bond donors (Lipinski definition) is 12. The molecule has 3 aliphatic heterocycles. The van der Waals surface area contributed by atoms with Gasteiger partial charge in [0.25, 0.3) is 0 Å². The smallest absolute Gasteiger partial charge is 0.220 e. The molecule has 0 spiro atoms. The summed E-state index contributed by atoms with van der Waals surface area (Å²) in [5.74, 6) is -0.284. The van der Waals surface area contributed by atoms with E-state index < -0.39 is 124 Å². The van der Waals surface area contributed by atoms with Crippen LogP contribution in [0.5, 0.6) is 0 Å². The van der Waals surface area contributed by atoms with Crippen LogP contribution in [0.4, 0.5) is 0 Å². The van der Waals surface area contributed by atoms with Crippen molar-refractivity contribution in [2.75, 3.05) is 26.4 Å². The average Bonchev–Trinajstić information content (AvgIpc) is 3.33. The predicted molar refractivity (Wildman–Crippen MR) is 250 cm³/mol. The van der Waals surface area contributed by atoms with E-state index in [0.29, 0.717) is 6.42 Å². The first kappa shape index (κ1) is 60.8. The van der Waals surface area contributed by atoms with E-state index in [1.165, 1.54) is 77.0 Å². The van der Waals surface area contributed by atoms with Crippen LogP contribution in [-0.4, -0.2) is 193 Å². The van der Waals surface area contributed by atoms with Crippen molar-refractivity contribution in [2.45, 2.75) is 266 Å². The van der Waals surface area contributed by atoms with Crippen molar-refractivity contribution < 1.29 is 89.4 Å². The summed E-state index contributed by atoms with van der Waals surface area (Å²) in [6, 6.07) is -0.963. The van der Waals surface area contributed by atoms with Crippen LogP contribution in [0.2, 0.25) is 0 Å². The van der Waals surface area contributed by atoms with E-state index in [1.54, 1.807) is 6.08 Å². The number of unbranched alkanes of at least 4 members (excludes halogenated alkanes) is 20. The zero-order valence-electron chi connectivity index (χ0n) is 40.8. The SMILES string of the molecule is CCCCCCCCCCCCCCCC/C=C/C(O)C(COC1OC(CO)C(OC2OC(CO)C(OC3OC(CO)C(O)C(O)C3O)C(O)C2O)C(O)C1O)NC(=O)CCCCCCCCC. The number of aliphatic hydroxyl groups is 11. The Morgan fingerprint density at radius 3 is 1.38 bits per heavy atom. The molecule has 3 fully saturated rings. The molecule has 3 heterocycles. The fourth-order valence-electron chi connectivity index (χ4n) is 8.95. The molecule has 3 saturated heterocycles. The average molecular weight is 982 g/mol. The van der Waals surface area contributed by atoms with E-state index in [1.807, 2.05) is 6.08 Å². The maximum atomic E-state index is 13.1. The van der Waals surface area contributed by atoms with Gasteiger partial charge < -0.3 is 89.9 Å². The van der Waals surface area contributed by atoms with Gasteiger partial charge in [-0.1, -0.05) is 148 Å². The van der Waals surface area contributed by atoms with Gasteiger partial charge in [-0.05, 0) is 19.3 Å². The Balaban J connectivity index is 1.54.